The number of benzene rings is 1. The first-order chi connectivity index (χ1) is 8.67. The molecule has 0 amide bonds. The second-order valence-electron chi connectivity index (χ2n) is 4.39. The second-order valence-corrected chi connectivity index (χ2v) is 5.34. The predicted molar refractivity (Wildman–Crippen MR) is 75.7 cm³/mol. The monoisotopic (exact) mass is 263 g/mol. The fourth-order valence-electron chi connectivity index (χ4n) is 2.13. The van der Waals surface area contributed by atoms with Crippen molar-refractivity contribution in [3.05, 3.63) is 57.0 Å². The second kappa shape index (κ2) is 5.63. The first kappa shape index (κ1) is 13.2. The largest absolute Gasteiger partial charge is 0.309 e. The maximum absolute atomic E-state index is 13.7. The summed E-state index contributed by atoms with van der Waals surface area (Å²) >= 11 is 1.73. The van der Waals surface area contributed by atoms with Crippen molar-refractivity contribution in [1.29, 1.82) is 0 Å². The molecule has 0 saturated heterocycles. The van der Waals surface area contributed by atoms with Crippen molar-refractivity contribution in [3.8, 4) is 0 Å². The van der Waals surface area contributed by atoms with E-state index in [1.807, 2.05) is 19.2 Å². The van der Waals surface area contributed by atoms with Crippen molar-refractivity contribution in [2.45, 2.75) is 26.3 Å². The average molecular weight is 263 g/mol. The Labute approximate surface area is 112 Å². The molecule has 0 saturated carbocycles. The first-order valence-electron chi connectivity index (χ1n) is 6.17. The van der Waals surface area contributed by atoms with Crippen LogP contribution < -0.4 is 5.32 Å². The van der Waals surface area contributed by atoms with Crippen molar-refractivity contribution in [2.75, 3.05) is 7.05 Å². The lowest BCUT2D eigenvalue weighted by molar-refractivity contribution is 0.609. The summed E-state index contributed by atoms with van der Waals surface area (Å²) in [6, 6.07) is 7.70. The molecule has 1 aromatic heterocycles. The maximum Gasteiger partial charge on any atom is 0.126 e. The number of halogens is 1. The molecular formula is C15H18FNS. The summed E-state index contributed by atoms with van der Waals surface area (Å²) in [5, 5.41) is 5.39. The molecule has 1 N–H and O–H groups in total. The third-order valence-electron chi connectivity index (χ3n) is 3.24. The SMILES string of the molecule is CCc1ccsc1C(NC)c1ccc(C)c(F)c1. The Balaban J connectivity index is 2.42. The molecule has 1 atom stereocenters. The van der Waals surface area contributed by atoms with Crippen molar-refractivity contribution in [2.24, 2.45) is 0 Å². The van der Waals surface area contributed by atoms with Crippen LogP contribution in [-0.4, -0.2) is 7.05 Å². The molecule has 96 valence electrons. The number of thiophene rings is 1. The Hall–Kier alpha value is -1.19. The Morgan fingerprint density at radius 3 is 2.72 bits per heavy atom. The van der Waals surface area contributed by atoms with E-state index >= 15 is 0 Å². The van der Waals surface area contributed by atoms with Gasteiger partial charge in [-0.25, -0.2) is 4.39 Å². The van der Waals surface area contributed by atoms with E-state index in [9.17, 15) is 4.39 Å². The predicted octanol–water partition coefficient (Wildman–Crippen LogP) is 4.07. The molecule has 1 nitrogen and oxygen atoms in total. The molecule has 18 heavy (non-hydrogen) atoms. The topological polar surface area (TPSA) is 12.0 Å². The molecule has 1 aromatic carbocycles. The van der Waals surface area contributed by atoms with Crippen molar-refractivity contribution >= 4 is 11.3 Å². The third kappa shape index (κ3) is 2.47. The fourth-order valence-corrected chi connectivity index (χ4v) is 3.26. The summed E-state index contributed by atoms with van der Waals surface area (Å²) in [6.45, 7) is 3.93. The van der Waals surface area contributed by atoms with Crippen LogP contribution in [0.4, 0.5) is 4.39 Å². The van der Waals surface area contributed by atoms with Gasteiger partial charge in [0.2, 0.25) is 0 Å². The highest BCUT2D eigenvalue weighted by Gasteiger charge is 2.17. The minimum Gasteiger partial charge on any atom is -0.309 e. The van der Waals surface area contributed by atoms with Crippen LogP contribution >= 0.6 is 11.3 Å². The molecule has 0 spiro atoms. The smallest absolute Gasteiger partial charge is 0.126 e. The highest BCUT2D eigenvalue weighted by Crippen LogP contribution is 2.30. The van der Waals surface area contributed by atoms with Crippen LogP contribution in [0.15, 0.2) is 29.6 Å². The summed E-state index contributed by atoms with van der Waals surface area (Å²) < 4.78 is 13.7. The molecule has 0 fully saturated rings. The highest BCUT2D eigenvalue weighted by molar-refractivity contribution is 7.10. The quantitative estimate of drug-likeness (QED) is 0.877. The molecule has 1 unspecified atom stereocenters. The van der Waals surface area contributed by atoms with Gasteiger partial charge < -0.3 is 5.32 Å². The highest BCUT2D eigenvalue weighted by atomic mass is 32.1. The summed E-state index contributed by atoms with van der Waals surface area (Å²) in [5.41, 5.74) is 3.01. The first-order valence-corrected chi connectivity index (χ1v) is 7.05. The Morgan fingerprint density at radius 2 is 2.11 bits per heavy atom. The van der Waals surface area contributed by atoms with Gasteiger partial charge in [-0.15, -0.1) is 11.3 Å². The van der Waals surface area contributed by atoms with Gasteiger partial charge in [0.1, 0.15) is 5.82 Å². The molecular weight excluding hydrogens is 245 g/mol. The van der Waals surface area contributed by atoms with Crippen LogP contribution in [0.3, 0.4) is 0 Å². The Kier molecular flexibility index (Phi) is 4.15. The maximum atomic E-state index is 13.7. The molecule has 2 rings (SSSR count). The van der Waals surface area contributed by atoms with Crippen LogP contribution in [0.5, 0.6) is 0 Å². The van der Waals surface area contributed by atoms with Gasteiger partial charge >= 0.3 is 0 Å². The standard InChI is InChI=1S/C15H18FNS/c1-4-11-7-8-18-15(11)14(17-3)12-6-5-10(2)13(16)9-12/h5-9,14,17H,4H2,1-3H3. The number of aryl methyl sites for hydroxylation is 2. The number of nitrogens with one attached hydrogen (secondary N) is 1. The van der Waals surface area contributed by atoms with Crippen LogP contribution in [-0.2, 0) is 6.42 Å². The van der Waals surface area contributed by atoms with Gasteiger partial charge in [0.05, 0.1) is 6.04 Å². The van der Waals surface area contributed by atoms with Gasteiger partial charge in [-0.3, -0.25) is 0 Å². The van der Waals surface area contributed by atoms with Crippen molar-refractivity contribution in [3.63, 3.8) is 0 Å². The molecule has 0 radical (unpaired) electrons. The van der Waals surface area contributed by atoms with Crippen LogP contribution in [0, 0.1) is 12.7 Å². The van der Waals surface area contributed by atoms with Gasteiger partial charge in [0.25, 0.3) is 0 Å². The number of rotatable bonds is 4. The average Bonchev–Trinajstić information content (AvgIpc) is 2.83. The van der Waals surface area contributed by atoms with Gasteiger partial charge in [-0.1, -0.05) is 19.1 Å². The molecule has 1 heterocycles. The molecule has 0 bridgehead atoms. The molecule has 0 aliphatic heterocycles. The van der Waals surface area contributed by atoms with E-state index in [-0.39, 0.29) is 11.9 Å². The van der Waals surface area contributed by atoms with Gasteiger partial charge in [0.15, 0.2) is 0 Å². The Bertz CT molecular complexity index is 533. The van der Waals surface area contributed by atoms with Crippen molar-refractivity contribution < 1.29 is 4.39 Å². The van der Waals surface area contributed by atoms with Gasteiger partial charge in [-0.2, -0.15) is 0 Å². The van der Waals surface area contributed by atoms with Crippen LogP contribution in [0.1, 0.15) is 34.5 Å². The van der Waals surface area contributed by atoms with Gasteiger partial charge in [0, 0.05) is 4.88 Å². The minimum atomic E-state index is -0.137. The van der Waals surface area contributed by atoms with E-state index in [1.54, 1.807) is 24.3 Å². The lowest BCUT2D eigenvalue weighted by Gasteiger charge is -2.17. The van der Waals surface area contributed by atoms with E-state index in [0.717, 1.165) is 12.0 Å². The van der Waals surface area contributed by atoms with Crippen molar-refractivity contribution in [1.82, 2.24) is 5.32 Å². The zero-order valence-electron chi connectivity index (χ0n) is 11.0. The fraction of sp³-hybridized carbons (Fsp3) is 0.333. The Morgan fingerprint density at radius 1 is 1.33 bits per heavy atom. The summed E-state index contributed by atoms with van der Waals surface area (Å²) in [5.74, 6) is -0.137. The van der Waals surface area contributed by atoms with Gasteiger partial charge in [-0.05, 0) is 54.6 Å². The lowest BCUT2D eigenvalue weighted by Crippen LogP contribution is -2.18. The van der Waals surface area contributed by atoms with E-state index in [4.69, 9.17) is 0 Å². The number of hydrogen-bond acceptors (Lipinski definition) is 2. The molecule has 0 aliphatic carbocycles. The number of hydrogen-bond donors (Lipinski definition) is 1. The zero-order chi connectivity index (χ0) is 13.1. The summed E-state index contributed by atoms with van der Waals surface area (Å²) in [4.78, 5) is 1.28. The third-order valence-corrected chi connectivity index (χ3v) is 4.27. The minimum absolute atomic E-state index is 0.0787. The molecule has 3 heteroatoms. The van der Waals surface area contributed by atoms with Crippen LogP contribution in [0.2, 0.25) is 0 Å². The van der Waals surface area contributed by atoms with Crippen LogP contribution in [0.25, 0.3) is 0 Å². The van der Waals surface area contributed by atoms with E-state index < -0.39 is 0 Å². The normalized spacial score (nSPS) is 12.7. The summed E-state index contributed by atoms with van der Waals surface area (Å²) in [7, 11) is 1.92. The van der Waals surface area contributed by atoms with E-state index in [2.05, 4.69) is 23.7 Å². The van der Waals surface area contributed by atoms with E-state index in [1.165, 1.54) is 10.4 Å². The molecule has 2 aromatic rings. The molecule has 0 aliphatic rings. The van der Waals surface area contributed by atoms with E-state index in [0.29, 0.717) is 5.56 Å². The zero-order valence-corrected chi connectivity index (χ0v) is 11.8. The lowest BCUT2D eigenvalue weighted by atomic mass is 10.0. The summed E-state index contributed by atoms with van der Waals surface area (Å²) in [6.07, 6.45) is 1.01.